The Bertz CT molecular complexity index is 1350. The molecule has 0 aliphatic carbocycles. The van der Waals surface area contributed by atoms with Crippen molar-refractivity contribution in [2.75, 3.05) is 33.2 Å². The normalized spacial score (nSPS) is 16.2. The Morgan fingerprint density at radius 2 is 1.76 bits per heavy atom. The summed E-state index contributed by atoms with van der Waals surface area (Å²) in [7, 11) is 4.79. The molecule has 10 nitrogen and oxygen atoms in total. The SMILES string of the molecule is COc1ccc(-c2nc3c4cc(OC)c(OC)cc4nc(N[C@@H]4CCCCNC4=O)n3n2)cc1. The van der Waals surface area contributed by atoms with Crippen LogP contribution in [0.5, 0.6) is 17.2 Å². The molecule has 1 aliphatic heterocycles. The Morgan fingerprint density at radius 3 is 2.50 bits per heavy atom. The highest BCUT2D eigenvalue weighted by molar-refractivity contribution is 5.95. The second kappa shape index (κ2) is 9.05. The minimum absolute atomic E-state index is 0.0460. The molecular formula is C24H26N6O4. The molecule has 0 bridgehead atoms. The lowest BCUT2D eigenvalue weighted by atomic mass is 10.1. The molecule has 4 aromatic rings. The molecule has 10 heteroatoms. The van der Waals surface area contributed by atoms with Gasteiger partial charge >= 0.3 is 0 Å². The summed E-state index contributed by atoms with van der Waals surface area (Å²) in [6.07, 6.45) is 2.60. The molecule has 176 valence electrons. The van der Waals surface area contributed by atoms with Crippen molar-refractivity contribution in [3.63, 3.8) is 0 Å². The fourth-order valence-corrected chi connectivity index (χ4v) is 4.12. The minimum Gasteiger partial charge on any atom is -0.497 e. The van der Waals surface area contributed by atoms with Gasteiger partial charge in [0.1, 0.15) is 11.8 Å². The molecule has 2 N–H and O–H groups in total. The van der Waals surface area contributed by atoms with Crippen molar-refractivity contribution in [2.24, 2.45) is 0 Å². The summed E-state index contributed by atoms with van der Waals surface area (Å²) in [4.78, 5) is 22.2. The Kier molecular flexibility index (Phi) is 5.79. The second-order valence-electron chi connectivity index (χ2n) is 8.04. The summed E-state index contributed by atoms with van der Waals surface area (Å²) in [5.41, 5.74) is 2.07. The van der Waals surface area contributed by atoms with Gasteiger partial charge in [-0.05, 0) is 49.6 Å². The van der Waals surface area contributed by atoms with E-state index in [1.165, 1.54) is 0 Å². The van der Waals surface area contributed by atoms with Crippen LogP contribution in [0.25, 0.3) is 27.9 Å². The molecule has 1 fully saturated rings. The molecule has 1 aliphatic rings. The Hall–Kier alpha value is -4.08. The maximum atomic E-state index is 12.6. The number of hydrogen-bond donors (Lipinski definition) is 2. The Balaban J connectivity index is 1.69. The number of anilines is 1. The third-order valence-corrected chi connectivity index (χ3v) is 5.96. The van der Waals surface area contributed by atoms with E-state index in [2.05, 4.69) is 10.6 Å². The first-order valence-electron chi connectivity index (χ1n) is 11.1. The number of carbonyl (C=O) groups excluding carboxylic acids is 1. The summed E-state index contributed by atoms with van der Waals surface area (Å²) in [5, 5.41) is 11.7. The first-order chi connectivity index (χ1) is 16.6. The molecule has 0 spiro atoms. The molecule has 0 saturated carbocycles. The minimum atomic E-state index is -0.413. The van der Waals surface area contributed by atoms with Crippen molar-refractivity contribution in [1.82, 2.24) is 24.9 Å². The topological polar surface area (TPSA) is 112 Å². The van der Waals surface area contributed by atoms with Crippen LogP contribution in [0.4, 0.5) is 5.95 Å². The molecule has 2 aromatic heterocycles. The average molecular weight is 463 g/mol. The third-order valence-electron chi connectivity index (χ3n) is 5.96. The summed E-state index contributed by atoms with van der Waals surface area (Å²) in [6.45, 7) is 0.680. The van der Waals surface area contributed by atoms with E-state index in [-0.39, 0.29) is 5.91 Å². The van der Waals surface area contributed by atoms with Gasteiger partial charge < -0.3 is 24.8 Å². The van der Waals surface area contributed by atoms with Crippen molar-refractivity contribution >= 4 is 28.4 Å². The Labute approximate surface area is 196 Å². The van der Waals surface area contributed by atoms with Gasteiger partial charge in [-0.15, -0.1) is 5.10 Å². The highest BCUT2D eigenvalue weighted by atomic mass is 16.5. The predicted octanol–water partition coefficient (Wildman–Crippen LogP) is 3.05. The van der Waals surface area contributed by atoms with Crippen LogP contribution >= 0.6 is 0 Å². The van der Waals surface area contributed by atoms with Gasteiger partial charge in [-0.25, -0.2) is 9.97 Å². The lowest BCUT2D eigenvalue weighted by molar-refractivity contribution is -0.121. The van der Waals surface area contributed by atoms with E-state index in [9.17, 15) is 4.79 Å². The van der Waals surface area contributed by atoms with Gasteiger partial charge in [0.05, 0.1) is 26.8 Å². The van der Waals surface area contributed by atoms with Crippen LogP contribution in [0.3, 0.4) is 0 Å². The maximum absolute atomic E-state index is 12.6. The molecule has 0 radical (unpaired) electrons. The highest BCUT2D eigenvalue weighted by Gasteiger charge is 2.24. The van der Waals surface area contributed by atoms with Crippen molar-refractivity contribution < 1.29 is 19.0 Å². The van der Waals surface area contributed by atoms with Gasteiger partial charge in [0.15, 0.2) is 23.0 Å². The predicted molar refractivity (Wildman–Crippen MR) is 128 cm³/mol. The molecule has 2 aromatic carbocycles. The summed E-state index contributed by atoms with van der Waals surface area (Å²) < 4.78 is 17.9. The fourth-order valence-electron chi connectivity index (χ4n) is 4.12. The van der Waals surface area contributed by atoms with Crippen LogP contribution in [0.15, 0.2) is 36.4 Å². The second-order valence-corrected chi connectivity index (χ2v) is 8.04. The molecular weight excluding hydrogens is 436 g/mol. The van der Waals surface area contributed by atoms with E-state index in [0.29, 0.717) is 47.4 Å². The molecule has 3 heterocycles. The van der Waals surface area contributed by atoms with E-state index in [4.69, 9.17) is 29.3 Å². The number of methoxy groups -OCH3 is 3. The number of ether oxygens (including phenoxy) is 3. The molecule has 34 heavy (non-hydrogen) atoms. The zero-order chi connectivity index (χ0) is 23.7. The lowest BCUT2D eigenvalue weighted by Gasteiger charge is -2.17. The number of fused-ring (bicyclic) bond motifs is 3. The first-order valence-corrected chi connectivity index (χ1v) is 11.1. The van der Waals surface area contributed by atoms with Crippen LogP contribution in [-0.4, -0.2) is 59.4 Å². The van der Waals surface area contributed by atoms with Crippen molar-refractivity contribution in [3.8, 4) is 28.6 Å². The van der Waals surface area contributed by atoms with Gasteiger partial charge in [0, 0.05) is 23.6 Å². The molecule has 5 rings (SSSR count). The van der Waals surface area contributed by atoms with Gasteiger partial charge in [0.25, 0.3) is 0 Å². The summed E-state index contributed by atoms with van der Waals surface area (Å²) in [5.74, 6) is 2.79. The van der Waals surface area contributed by atoms with E-state index >= 15 is 0 Å². The molecule has 1 amide bonds. The monoisotopic (exact) mass is 462 g/mol. The average Bonchev–Trinajstić information content (AvgIpc) is 3.23. The van der Waals surface area contributed by atoms with E-state index in [0.717, 1.165) is 29.5 Å². The van der Waals surface area contributed by atoms with Gasteiger partial charge in [-0.3, -0.25) is 4.79 Å². The van der Waals surface area contributed by atoms with E-state index in [1.807, 2.05) is 30.3 Å². The quantitative estimate of drug-likeness (QED) is 0.450. The third kappa shape index (κ3) is 3.91. The number of hydrogen-bond acceptors (Lipinski definition) is 8. The number of nitrogens with one attached hydrogen (secondary N) is 2. The van der Waals surface area contributed by atoms with Crippen molar-refractivity contribution in [2.45, 2.75) is 25.3 Å². The van der Waals surface area contributed by atoms with Gasteiger partial charge in [0.2, 0.25) is 11.9 Å². The smallest absolute Gasteiger partial charge is 0.242 e. The zero-order valence-corrected chi connectivity index (χ0v) is 19.3. The maximum Gasteiger partial charge on any atom is 0.242 e. The van der Waals surface area contributed by atoms with Crippen LogP contribution < -0.4 is 24.8 Å². The number of amides is 1. The largest absolute Gasteiger partial charge is 0.497 e. The first kappa shape index (κ1) is 21.7. The Morgan fingerprint density at radius 1 is 1.00 bits per heavy atom. The standard InChI is InChI=1S/C24H26N6O4/c1-32-15-9-7-14(8-10-15)21-28-22-16-12-19(33-2)20(34-3)13-18(16)27-24(30(22)29-21)26-17-6-4-5-11-25-23(17)31/h7-10,12-13,17H,4-6,11H2,1-3H3,(H,25,31)(H,26,27)/t17-/m1/s1. The molecule has 1 atom stereocenters. The number of benzene rings is 2. The van der Waals surface area contributed by atoms with E-state index in [1.54, 1.807) is 31.9 Å². The molecule has 0 unspecified atom stereocenters. The number of carbonyl (C=O) groups is 1. The summed E-state index contributed by atoms with van der Waals surface area (Å²) in [6, 6.07) is 10.8. The number of rotatable bonds is 6. The van der Waals surface area contributed by atoms with Crippen LogP contribution in [0, 0.1) is 0 Å². The highest BCUT2D eigenvalue weighted by Crippen LogP contribution is 2.34. The number of aromatic nitrogens is 4. The lowest BCUT2D eigenvalue weighted by Crippen LogP contribution is -2.38. The van der Waals surface area contributed by atoms with E-state index < -0.39 is 6.04 Å². The summed E-state index contributed by atoms with van der Waals surface area (Å²) >= 11 is 0. The molecule has 1 saturated heterocycles. The van der Waals surface area contributed by atoms with Crippen LogP contribution in [0.2, 0.25) is 0 Å². The zero-order valence-electron chi connectivity index (χ0n) is 19.3. The van der Waals surface area contributed by atoms with Crippen LogP contribution in [0.1, 0.15) is 19.3 Å². The van der Waals surface area contributed by atoms with Crippen LogP contribution in [-0.2, 0) is 4.79 Å². The number of nitrogens with zero attached hydrogens (tertiary/aromatic N) is 4. The van der Waals surface area contributed by atoms with Crippen molar-refractivity contribution in [1.29, 1.82) is 0 Å². The van der Waals surface area contributed by atoms with Gasteiger partial charge in [-0.2, -0.15) is 4.52 Å². The van der Waals surface area contributed by atoms with Gasteiger partial charge in [-0.1, -0.05) is 0 Å². The fraction of sp³-hybridized carbons (Fsp3) is 0.333. The van der Waals surface area contributed by atoms with Crippen molar-refractivity contribution in [3.05, 3.63) is 36.4 Å².